The molecule has 0 atom stereocenters. The lowest BCUT2D eigenvalue weighted by Gasteiger charge is -2.35. The highest BCUT2D eigenvalue weighted by Crippen LogP contribution is 2.38. The van der Waals surface area contributed by atoms with Crippen LogP contribution in [0.25, 0.3) is 0 Å². The maximum atomic E-state index is 10.7. The van der Waals surface area contributed by atoms with Crippen molar-refractivity contribution in [3.05, 3.63) is 22.8 Å². The van der Waals surface area contributed by atoms with Crippen LogP contribution in [-0.2, 0) is 21.6 Å². The second-order valence-corrected chi connectivity index (χ2v) is 5.85. The number of methoxy groups -OCH3 is 1. The lowest BCUT2D eigenvalue weighted by molar-refractivity contribution is -0.136. The number of ether oxygens (including phenoxy) is 1. The Labute approximate surface area is 125 Å². The summed E-state index contributed by atoms with van der Waals surface area (Å²) in [6, 6.07) is 0. The predicted octanol–water partition coefficient (Wildman–Crippen LogP) is 2.92. The van der Waals surface area contributed by atoms with Crippen molar-refractivity contribution in [1.29, 1.82) is 0 Å². The number of rotatable bonds is 5. The molecule has 5 nitrogen and oxygen atoms in total. The van der Waals surface area contributed by atoms with Gasteiger partial charge in [0.1, 0.15) is 5.60 Å². The van der Waals surface area contributed by atoms with E-state index in [2.05, 4.69) is 9.97 Å². The molecule has 0 aliphatic heterocycles. The first-order valence-electron chi connectivity index (χ1n) is 7.60. The minimum absolute atomic E-state index is 0.111. The number of carboxylic acid groups (broad SMARTS) is 1. The highest BCUT2D eigenvalue weighted by Gasteiger charge is 2.37. The first kappa shape index (κ1) is 15.9. The van der Waals surface area contributed by atoms with E-state index in [9.17, 15) is 4.79 Å². The summed E-state index contributed by atoms with van der Waals surface area (Å²) in [5.41, 5.74) is 2.34. The molecule has 2 rings (SSSR count). The Kier molecular flexibility index (Phi) is 4.93. The van der Waals surface area contributed by atoms with Crippen LogP contribution in [0.5, 0.6) is 0 Å². The van der Waals surface area contributed by atoms with E-state index in [0.717, 1.165) is 48.5 Å². The molecule has 21 heavy (non-hydrogen) atoms. The third-order valence-electron chi connectivity index (χ3n) is 4.47. The number of aryl methyl sites for hydroxylation is 2. The fourth-order valence-corrected chi connectivity index (χ4v) is 3.18. The zero-order chi connectivity index (χ0) is 15.5. The van der Waals surface area contributed by atoms with Crippen molar-refractivity contribution >= 4 is 5.97 Å². The molecule has 1 aromatic rings. The first-order chi connectivity index (χ1) is 9.98. The van der Waals surface area contributed by atoms with Crippen LogP contribution in [0.15, 0.2) is 0 Å². The van der Waals surface area contributed by atoms with E-state index in [0.29, 0.717) is 6.42 Å². The zero-order valence-electron chi connectivity index (χ0n) is 13.1. The topological polar surface area (TPSA) is 72.3 Å². The standard InChI is InChI=1S/C16H24N2O3/c1-11-13(7-8-14(19)20)12(2)18-15(17-11)16(21-3)9-5-4-6-10-16/h4-10H2,1-3H3,(H,19,20). The Balaban J connectivity index is 2.31. The minimum atomic E-state index is -0.793. The average Bonchev–Trinajstić information content (AvgIpc) is 2.46. The van der Waals surface area contributed by atoms with Crippen molar-refractivity contribution in [2.75, 3.05) is 7.11 Å². The lowest BCUT2D eigenvalue weighted by Crippen LogP contribution is -2.34. The van der Waals surface area contributed by atoms with Gasteiger partial charge in [-0.1, -0.05) is 19.3 Å². The van der Waals surface area contributed by atoms with E-state index in [1.54, 1.807) is 7.11 Å². The Morgan fingerprint density at radius 1 is 1.19 bits per heavy atom. The SMILES string of the molecule is COC1(c2nc(C)c(CCC(=O)O)c(C)n2)CCCCC1. The molecule has 0 unspecified atom stereocenters. The Morgan fingerprint density at radius 3 is 2.24 bits per heavy atom. The van der Waals surface area contributed by atoms with Gasteiger partial charge in [0.15, 0.2) is 5.82 Å². The van der Waals surface area contributed by atoms with Crippen molar-refractivity contribution < 1.29 is 14.6 Å². The monoisotopic (exact) mass is 292 g/mol. The Bertz CT molecular complexity index is 499. The van der Waals surface area contributed by atoms with Crippen molar-refractivity contribution in [3.8, 4) is 0 Å². The van der Waals surface area contributed by atoms with Crippen molar-refractivity contribution in [2.45, 2.75) is 64.4 Å². The van der Waals surface area contributed by atoms with E-state index in [1.165, 1.54) is 6.42 Å². The van der Waals surface area contributed by atoms with Crippen LogP contribution in [0.3, 0.4) is 0 Å². The molecule has 0 radical (unpaired) electrons. The Morgan fingerprint density at radius 2 is 1.76 bits per heavy atom. The maximum Gasteiger partial charge on any atom is 0.303 e. The molecule has 1 aromatic heterocycles. The number of aliphatic carboxylic acids is 1. The summed E-state index contributed by atoms with van der Waals surface area (Å²) < 4.78 is 5.79. The number of hydrogen-bond donors (Lipinski definition) is 1. The average molecular weight is 292 g/mol. The smallest absolute Gasteiger partial charge is 0.303 e. The molecule has 1 aliphatic carbocycles. The number of carbonyl (C=O) groups is 1. The summed E-state index contributed by atoms with van der Waals surface area (Å²) in [5.74, 6) is -0.0303. The second kappa shape index (κ2) is 6.52. The van der Waals surface area contributed by atoms with Gasteiger partial charge in [-0.05, 0) is 38.7 Å². The number of carboxylic acids is 1. The molecule has 5 heteroatoms. The molecule has 1 saturated carbocycles. The van der Waals surface area contributed by atoms with Gasteiger partial charge < -0.3 is 9.84 Å². The molecule has 1 fully saturated rings. The highest BCUT2D eigenvalue weighted by atomic mass is 16.5. The summed E-state index contributed by atoms with van der Waals surface area (Å²) in [7, 11) is 1.73. The van der Waals surface area contributed by atoms with Gasteiger partial charge in [-0.2, -0.15) is 0 Å². The third-order valence-corrected chi connectivity index (χ3v) is 4.47. The number of hydrogen-bond acceptors (Lipinski definition) is 4. The van der Waals surface area contributed by atoms with E-state index in [1.807, 2.05) is 13.8 Å². The summed E-state index contributed by atoms with van der Waals surface area (Å²) in [6.07, 6.45) is 6.01. The molecule has 0 saturated heterocycles. The third kappa shape index (κ3) is 3.40. The minimum Gasteiger partial charge on any atom is -0.481 e. The van der Waals surface area contributed by atoms with Gasteiger partial charge in [0.25, 0.3) is 0 Å². The molecule has 0 amide bonds. The quantitative estimate of drug-likeness (QED) is 0.903. The fourth-order valence-electron chi connectivity index (χ4n) is 3.18. The van der Waals surface area contributed by atoms with Crippen LogP contribution in [-0.4, -0.2) is 28.2 Å². The van der Waals surface area contributed by atoms with Crippen LogP contribution >= 0.6 is 0 Å². The van der Waals surface area contributed by atoms with E-state index in [4.69, 9.17) is 9.84 Å². The normalized spacial score (nSPS) is 17.7. The number of aromatic nitrogens is 2. The molecule has 0 aromatic carbocycles. The van der Waals surface area contributed by atoms with Crippen LogP contribution in [0.2, 0.25) is 0 Å². The Hall–Kier alpha value is -1.49. The zero-order valence-corrected chi connectivity index (χ0v) is 13.1. The van der Waals surface area contributed by atoms with Gasteiger partial charge in [-0.3, -0.25) is 4.79 Å². The van der Waals surface area contributed by atoms with Gasteiger partial charge >= 0.3 is 5.97 Å². The second-order valence-electron chi connectivity index (χ2n) is 5.85. The molecule has 116 valence electrons. The largest absolute Gasteiger partial charge is 0.481 e. The van der Waals surface area contributed by atoms with Gasteiger partial charge in [-0.15, -0.1) is 0 Å². The molecule has 1 N–H and O–H groups in total. The van der Waals surface area contributed by atoms with Crippen LogP contribution in [0, 0.1) is 13.8 Å². The molecule has 1 heterocycles. The van der Waals surface area contributed by atoms with Crippen molar-refractivity contribution in [3.63, 3.8) is 0 Å². The fraction of sp³-hybridized carbons (Fsp3) is 0.688. The van der Waals surface area contributed by atoms with Crippen LogP contribution < -0.4 is 0 Å². The van der Waals surface area contributed by atoms with Crippen molar-refractivity contribution in [1.82, 2.24) is 9.97 Å². The van der Waals surface area contributed by atoms with Gasteiger partial charge in [0.05, 0.1) is 0 Å². The molecule has 0 bridgehead atoms. The van der Waals surface area contributed by atoms with Crippen LogP contribution in [0.4, 0.5) is 0 Å². The van der Waals surface area contributed by atoms with Gasteiger partial charge in [-0.25, -0.2) is 9.97 Å². The lowest BCUT2D eigenvalue weighted by atomic mass is 9.83. The van der Waals surface area contributed by atoms with Gasteiger partial charge in [0.2, 0.25) is 0 Å². The summed E-state index contributed by atoms with van der Waals surface area (Å²) in [5, 5.41) is 8.83. The van der Waals surface area contributed by atoms with Crippen molar-refractivity contribution in [2.24, 2.45) is 0 Å². The predicted molar refractivity (Wildman–Crippen MR) is 79.2 cm³/mol. The van der Waals surface area contributed by atoms with Crippen LogP contribution in [0.1, 0.15) is 61.3 Å². The van der Waals surface area contributed by atoms with E-state index >= 15 is 0 Å². The van der Waals surface area contributed by atoms with Gasteiger partial charge in [0, 0.05) is 24.9 Å². The van der Waals surface area contributed by atoms with E-state index < -0.39 is 5.97 Å². The molecule has 1 aliphatic rings. The molecular formula is C16H24N2O3. The summed E-state index contributed by atoms with van der Waals surface area (Å²) in [6.45, 7) is 3.86. The summed E-state index contributed by atoms with van der Waals surface area (Å²) >= 11 is 0. The molecular weight excluding hydrogens is 268 g/mol. The first-order valence-corrected chi connectivity index (χ1v) is 7.60. The molecule has 0 spiro atoms. The van der Waals surface area contributed by atoms with E-state index in [-0.39, 0.29) is 12.0 Å². The maximum absolute atomic E-state index is 10.7. The number of nitrogens with zero attached hydrogens (tertiary/aromatic N) is 2. The summed E-state index contributed by atoms with van der Waals surface area (Å²) in [4.78, 5) is 20.0. The highest BCUT2D eigenvalue weighted by molar-refractivity contribution is 5.67.